The van der Waals surface area contributed by atoms with Crippen molar-refractivity contribution in [3.8, 4) is 5.75 Å². The first-order chi connectivity index (χ1) is 14.5. The predicted molar refractivity (Wildman–Crippen MR) is 120 cm³/mol. The average molecular weight is 423 g/mol. The number of hydrogen-bond donors (Lipinski definition) is 2. The molecule has 1 amide bonds. The molecule has 8 heteroatoms. The van der Waals surface area contributed by atoms with Crippen LogP contribution in [0.2, 0.25) is 0 Å². The van der Waals surface area contributed by atoms with Crippen molar-refractivity contribution in [3.63, 3.8) is 0 Å². The minimum Gasteiger partial charge on any atom is -0.489 e. The van der Waals surface area contributed by atoms with Crippen LogP contribution in [0.25, 0.3) is 0 Å². The summed E-state index contributed by atoms with van der Waals surface area (Å²) >= 11 is 0. The molecule has 1 aliphatic rings. The lowest BCUT2D eigenvalue weighted by Crippen LogP contribution is -2.44. The molecule has 0 radical (unpaired) electrons. The van der Waals surface area contributed by atoms with Gasteiger partial charge in [0, 0.05) is 13.6 Å². The fourth-order valence-electron chi connectivity index (χ4n) is 3.09. The maximum Gasteiger partial charge on any atom is 0.246 e. The summed E-state index contributed by atoms with van der Waals surface area (Å²) in [4.78, 5) is 22.5. The maximum atomic E-state index is 13.2. The van der Waals surface area contributed by atoms with Crippen LogP contribution in [0.15, 0.2) is 54.7 Å². The van der Waals surface area contributed by atoms with E-state index in [1.807, 2.05) is 49.2 Å². The Balaban J connectivity index is 0.00000272. The number of carbonyl (C=O) groups excluding carboxylic acids is 1. The number of hydrogen-bond acceptors (Lipinski definition) is 6. The first-order valence-corrected chi connectivity index (χ1v) is 9.60. The van der Waals surface area contributed by atoms with E-state index in [1.165, 1.54) is 12.1 Å². The molecule has 162 valence electrons. The number of carbonyl (C=O) groups is 1. The minimum atomic E-state index is -0.292. The number of nitrogens with zero attached hydrogens (tertiary/aromatic N) is 3. The largest absolute Gasteiger partial charge is 0.489 e. The molecule has 2 aromatic carbocycles. The van der Waals surface area contributed by atoms with Crippen molar-refractivity contribution in [3.05, 3.63) is 71.7 Å². The molecule has 1 aromatic heterocycles. The lowest BCUT2D eigenvalue weighted by molar-refractivity contribution is -0.117. The van der Waals surface area contributed by atoms with E-state index < -0.39 is 0 Å². The Bertz CT molecular complexity index is 1060. The average Bonchev–Trinajstić information content (AvgIpc) is 2.76. The maximum absolute atomic E-state index is 13.2. The van der Waals surface area contributed by atoms with Crippen LogP contribution < -0.4 is 20.3 Å². The molecule has 7 nitrogen and oxygen atoms in total. The van der Waals surface area contributed by atoms with E-state index in [2.05, 4.69) is 20.6 Å². The normalized spacial score (nSPS) is 14.9. The van der Waals surface area contributed by atoms with Crippen LogP contribution in [0, 0.1) is 5.82 Å². The molecule has 0 bridgehead atoms. The molecule has 0 unspecified atom stereocenters. The van der Waals surface area contributed by atoms with Crippen molar-refractivity contribution in [2.75, 3.05) is 22.6 Å². The third-order valence-electron chi connectivity index (χ3n) is 4.99. The third-order valence-corrected chi connectivity index (χ3v) is 4.99. The van der Waals surface area contributed by atoms with Gasteiger partial charge in [-0.15, -0.1) is 0 Å². The molecule has 4 rings (SSSR count). The van der Waals surface area contributed by atoms with Gasteiger partial charge in [0.15, 0.2) is 5.82 Å². The number of rotatable bonds is 6. The van der Waals surface area contributed by atoms with Gasteiger partial charge in [-0.3, -0.25) is 4.79 Å². The summed E-state index contributed by atoms with van der Waals surface area (Å²) < 4.78 is 18.9. The smallest absolute Gasteiger partial charge is 0.246 e. The Labute approximate surface area is 181 Å². The van der Waals surface area contributed by atoms with Gasteiger partial charge in [-0.2, -0.15) is 4.98 Å². The fraction of sp³-hybridized carbons (Fsp3) is 0.261. The van der Waals surface area contributed by atoms with Crippen molar-refractivity contribution >= 4 is 23.4 Å². The van der Waals surface area contributed by atoms with Gasteiger partial charge in [0.2, 0.25) is 11.9 Å². The van der Waals surface area contributed by atoms with Crippen molar-refractivity contribution in [1.82, 2.24) is 9.97 Å². The van der Waals surface area contributed by atoms with Gasteiger partial charge in [0.25, 0.3) is 0 Å². The van der Waals surface area contributed by atoms with Crippen LogP contribution in [-0.4, -0.2) is 29.0 Å². The zero-order valence-corrected chi connectivity index (χ0v) is 16.7. The predicted octanol–water partition coefficient (Wildman–Crippen LogP) is 4.22. The monoisotopic (exact) mass is 423 g/mol. The number of ether oxygens (including phenoxy) is 1. The summed E-state index contributed by atoms with van der Waals surface area (Å²) in [5.74, 6) is 1.52. The molecule has 1 atom stereocenters. The van der Waals surface area contributed by atoms with Crippen LogP contribution in [0.1, 0.15) is 25.5 Å². The van der Waals surface area contributed by atoms with E-state index >= 15 is 0 Å². The summed E-state index contributed by atoms with van der Waals surface area (Å²) in [7, 11) is 1.83. The molecular weight excluding hydrogens is 397 g/mol. The second-order valence-corrected chi connectivity index (χ2v) is 7.12. The zero-order valence-electron chi connectivity index (χ0n) is 16.7. The first-order valence-electron chi connectivity index (χ1n) is 9.60. The Hall–Kier alpha value is -3.68. The van der Waals surface area contributed by atoms with E-state index in [9.17, 15) is 9.18 Å². The number of benzene rings is 2. The highest BCUT2D eigenvalue weighted by Crippen LogP contribution is 2.29. The number of aromatic nitrogens is 2. The molecule has 2 N–H and O–H groups in total. The van der Waals surface area contributed by atoms with Gasteiger partial charge in [0.1, 0.15) is 29.9 Å². The molecule has 0 saturated heterocycles. The second-order valence-electron chi connectivity index (χ2n) is 7.12. The van der Waals surface area contributed by atoms with Gasteiger partial charge in [-0.25, -0.2) is 9.37 Å². The molecule has 0 saturated carbocycles. The van der Waals surface area contributed by atoms with E-state index in [0.29, 0.717) is 36.4 Å². The number of nitrogens with one attached hydrogen (secondary N) is 2. The Kier molecular flexibility index (Phi) is 6.69. The number of amides is 1. The van der Waals surface area contributed by atoms with Crippen LogP contribution in [0.3, 0.4) is 0 Å². The summed E-state index contributed by atoms with van der Waals surface area (Å²) in [6, 6.07) is 13.7. The SMILES string of the molecule is C.C[C@H]1C(=O)Nc2cnc(NCc3ccc(OCc4cccc(F)c4)cc3)nc2N1C. The summed E-state index contributed by atoms with van der Waals surface area (Å²) in [5.41, 5.74) is 2.41. The molecule has 0 spiro atoms. The highest BCUT2D eigenvalue weighted by molar-refractivity contribution is 6.02. The van der Waals surface area contributed by atoms with Crippen molar-refractivity contribution in [2.24, 2.45) is 0 Å². The third kappa shape index (κ3) is 5.09. The summed E-state index contributed by atoms with van der Waals surface area (Å²) in [6.07, 6.45) is 1.61. The van der Waals surface area contributed by atoms with E-state index in [1.54, 1.807) is 12.3 Å². The molecule has 0 aliphatic carbocycles. The standard InChI is InChI=1S/C22H22FN5O2.CH4/c1-14-21(29)26-19-12-25-22(27-20(19)28(14)2)24-11-15-6-8-18(9-7-15)30-13-16-4-3-5-17(23)10-16;/h3-10,12,14H,11,13H2,1-2H3,(H,26,29)(H,24,25,27);1H4/t14-;/m0./s1. The van der Waals surface area contributed by atoms with Crippen LogP contribution >= 0.6 is 0 Å². The Morgan fingerprint density at radius 3 is 2.71 bits per heavy atom. The van der Waals surface area contributed by atoms with Gasteiger partial charge in [-0.05, 0) is 42.3 Å². The van der Waals surface area contributed by atoms with E-state index in [0.717, 1.165) is 11.1 Å². The van der Waals surface area contributed by atoms with Crippen LogP contribution in [0.4, 0.5) is 21.8 Å². The first kappa shape index (κ1) is 22.0. The molecule has 2 heterocycles. The molecule has 31 heavy (non-hydrogen) atoms. The number of halogens is 1. The lowest BCUT2D eigenvalue weighted by atomic mass is 10.2. The van der Waals surface area contributed by atoms with Crippen LogP contribution in [-0.2, 0) is 17.9 Å². The molecule has 1 aliphatic heterocycles. The van der Waals surface area contributed by atoms with Crippen molar-refractivity contribution in [1.29, 1.82) is 0 Å². The topological polar surface area (TPSA) is 79.4 Å². The number of likely N-dealkylation sites (N-methyl/N-ethyl adjacent to an activating group) is 1. The Morgan fingerprint density at radius 2 is 1.97 bits per heavy atom. The molecular formula is C23H26FN5O2. The zero-order chi connectivity index (χ0) is 21.1. The van der Waals surface area contributed by atoms with Gasteiger partial charge in [0.05, 0.1) is 6.20 Å². The van der Waals surface area contributed by atoms with Gasteiger partial charge in [-0.1, -0.05) is 31.7 Å². The number of fused-ring (bicyclic) bond motifs is 1. The fourth-order valence-corrected chi connectivity index (χ4v) is 3.09. The van der Waals surface area contributed by atoms with E-state index in [4.69, 9.17) is 4.74 Å². The Morgan fingerprint density at radius 1 is 1.19 bits per heavy atom. The summed E-state index contributed by atoms with van der Waals surface area (Å²) in [6.45, 7) is 2.67. The van der Waals surface area contributed by atoms with Crippen molar-refractivity contribution < 1.29 is 13.9 Å². The molecule has 0 fully saturated rings. The second kappa shape index (κ2) is 9.42. The minimum absolute atomic E-state index is 0. The summed E-state index contributed by atoms with van der Waals surface area (Å²) in [5, 5.41) is 6.00. The van der Waals surface area contributed by atoms with E-state index in [-0.39, 0.29) is 25.2 Å². The van der Waals surface area contributed by atoms with Crippen molar-refractivity contribution in [2.45, 2.75) is 33.5 Å². The van der Waals surface area contributed by atoms with Gasteiger partial charge >= 0.3 is 0 Å². The lowest BCUT2D eigenvalue weighted by Gasteiger charge is -2.31. The van der Waals surface area contributed by atoms with Crippen LogP contribution in [0.5, 0.6) is 5.75 Å². The highest BCUT2D eigenvalue weighted by atomic mass is 19.1. The molecule has 3 aromatic rings. The highest BCUT2D eigenvalue weighted by Gasteiger charge is 2.28. The number of anilines is 3. The quantitative estimate of drug-likeness (QED) is 0.618. The van der Waals surface area contributed by atoms with Gasteiger partial charge < -0.3 is 20.3 Å².